The monoisotopic (exact) mass is 202 g/mol. The molecular formula is C11H23FN2. The fraction of sp³-hybridized carbons (Fsp3) is 1.00. The van der Waals surface area contributed by atoms with E-state index in [1.807, 2.05) is 4.90 Å². The lowest BCUT2D eigenvalue weighted by Crippen LogP contribution is -2.59. The van der Waals surface area contributed by atoms with Crippen LogP contribution in [0.2, 0.25) is 0 Å². The molecule has 0 aromatic carbocycles. The Labute approximate surface area is 87.1 Å². The molecule has 14 heavy (non-hydrogen) atoms. The summed E-state index contributed by atoms with van der Waals surface area (Å²) in [6.07, 6.45) is -0.804. The van der Waals surface area contributed by atoms with Crippen LogP contribution in [0.25, 0.3) is 0 Å². The molecular weight excluding hydrogens is 179 g/mol. The predicted octanol–water partition coefficient (Wildman–Crippen LogP) is 2.10. The van der Waals surface area contributed by atoms with Crippen LogP contribution in [0.5, 0.6) is 0 Å². The van der Waals surface area contributed by atoms with Crippen molar-refractivity contribution < 1.29 is 4.39 Å². The van der Waals surface area contributed by atoms with Gasteiger partial charge in [-0.2, -0.15) is 0 Å². The predicted molar refractivity (Wildman–Crippen MR) is 58.0 cm³/mol. The van der Waals surface area contributed by atoms with Gasteiger partial charge < -0.3 is 0 Å². The molecule has 0 aromatic rings. The molecule has 3 heteroatoms. The van der Waals surface area contributed by atoms with Gasteiger partial charge in [-0.1, -0.05) is 0 Å². The van der Waals surface area contributed by atoms with E-state index in [-0.39, 0.29) is 0 Å². The zero-order valence-electron chi connectivity index (χ0n) is 10.00. The highest BCUT2D eigenvalue weighted by atomic mass is 19.1. The van der Waals surface area contributed by atoms with Crippen LogP contribution in [0.1, 0.15) is 34.6 Å². The average molecular weight is 202 g/mol. The van der Waals surface area contributed by atoms with Crippen LogP contribution in [0, 0.1) is 0 Å². The van der Waals surface area contributed by atoms with Crippen LogP contribution >= 0.6 is 0 Å². The summed E-state index contributed by atoms with van der Waals surface area (Å²) < 4.78 is 13.8. The van der Waals surface area contributed by atoms with Crippen LogP contribution in [0.15, 0.2) is 0 Å². The van der Waals surface area contributed by atoms with Crippen LogP contribution in [0.3, 0.4) is 0 Å². The van der Waals surface area contributed by atoms with Gasteiger partial charge in [0, 0.05) is 31.2 Å². The van der Waals surface area contributed by atoms with Crippen molar-refractivity contribution in [2.24, 2.45) is 0 Å². The van der Waals surface area contributed by atoms with Crippen LogP contribution in [-0.4, -0.2) is 47.3 Å². The molecule has 0 aliphatic carbocycles. The number of hydrogen-bond donors (Lipinski definition) is 0. The van der Waals surface area contributed by atoms with Crippen molar-refractivity contribution >= 4 is 0 Å². The molecule has 0 spiro atoms. The summed E-state index contributed by atoms with van der Waals surface area (Å²) >= 11 is 0. The summed E-state index contributed by atoms with van der Waals surface area (Å²) in [4.78, 5) is 4.19. The van der Waals surface area contributed by atoms with Crippen molar-refractivity contribution in [3.63, 3.8) is 0 Å². The number of piperazine rings is 1. The van der Waals surface area contributed by atoms with Crippen LogP contribution in [0.4, 0.5) is 4.39 Å². The molecule has 2 unspecified atom stereocenters. The molecule has 1 rings (SSSR count). The first-order chi connectivity index (χ1) is 6.43. The summed E-state index contributed by atoms with van der Waals surface area (Å²) in [5.41, 5.74) is 0. The second kappa shape index (κ2) is 4.58. The topological polar surface area (TPSA) is 6.48 Å². The number of halogens is 1. The van der Waals surface area contributed by atoms with E-state index < -0.39 is 6.30 Å². The van der Waals surface area contributed by atoms with E-state index in [0.717, 1.165) is 6.54 Å². The third-order valence-electron chi connectivity index (χ3n) is 3.04. The molecule has 0 amide bonds. The third-order valence-corrected chi connectivity index (χ3v) is 3.04. The van der Waals surface area contributed by atoms with Gasteiger partial charge in [-0.05, 0) is 34.6 Å². The van der Waals surface area contributed by atoms with Crippen molar-refractivity contribution in [3.8, 4) is 0 Å². The first-order valence-corrected chi connectivity index (χ1v) is 5.59. The lowest BCUT2D eigenvalue weighted by molar-refractivity contribution is -0.0611. The van der Waals surface area contributed by atoms with Gasteiger partial charge in [-0.3, -0.25) is 9.80 Å². The van der Waals surface area contributed by atoms with Gasteiger partial charge >= 0.3 is 0 Å². The van der Waals surface area contributed by atoms with Crippen molar-refractivity contribution in [2.75, 3.05) is 13.1 Å². The Morgan fingerprint density at radius 2 is 1.64 bits per heavy atom. The molecule has 0 aromatic heterocycles. The largest absolute Gasteiger partial charge is 0.295 e. The summed E-state index contributed by atoms with van der Waals surface area (Å²) in [5, 5.41) is 0. The minimum absolute atomic E-state index is 0.300. The molecule has 1 aliphatic rings. The van der Waals surface area contributed by atoms with E-state index >= 15 is 0 Å². The second-order valence-electron chi connectivity index (χ2n) is 4.87. The molecule has 0 radical (unpaired) electrons. The molecule has 1 fully saturated rings. The molecule has 0 saturated carbocycles. The lowest BCUT2D eigenvalue weighted by atomic mass is 10.1. The van der Waals surface area contributed by atoms with Gasteiger partial charge in [-0.25, -0.2) is 4.39 Å². The Kier molecular flexibility index (Phi) is 3.90. The highest BCUT2D eigenvalue weighted by Crippen LogP contribution is 2.20. The van der Waals surface area contributed by atoms with Crippen LogP contribution < -0.4 is 0 Å². The van der Waals surface area contributed by atoms with Gasteiger partial charge in [0.1, 0.15) is 0 Å². The minimum Gasteiger partial charge on any atom is -0.295 e. The summed E-state index contributed by atoms with van der Waals surface area (Å²) in [6, 6.07) is 1.07. The molecule has 84 valence electrons. The highest BCUT2D eigenvalue weighted by molar-refractivity contribution is 4.85. The fourth-order valence-electron chi connectivity index (χ4n) is 2.33. The maximum Gasteiger partial charge on any atom is 0.166 e. The Balaban J connectivity index is 2.63. The quantitative estimate of drug-likeness (QED) is 0.633. The van der Waals surface area contributed by atoms with Crippen molar-refractivity contribution in [3.05, 3.63) is 0 Å². The smallest absolute Gasteiger partial charge is 0.166 e. The first-order valence-electron chi connectivity index (χ1n) is 5.59. The van der Waals surface area contributed by atoms with E-state index in [9.17, 15) is 4.39 Å². The van der Waals surface area contributed by atoms with E-state index in [1.165, 1.54) is 0 Å². The number of alkyl halides is 1. The van der Waals surface area contributed by atoms with Gasteiger partial charge in [0.05, 0.1) is 0 Å². The van der Waals surface area contributed by atoms with Crippen LogP contribution in [-0.2, 0) is 0 Å². The van der Waals surface area contributed by atoms with E-state index in [0.29, 0.717) is 24.7 Å². The Morgan fingerprint density at radius 3 is 2.00 bits per heavy atom. The molecule has 1 aliphatic heterocycles. The highest BCUT2D eigenvalue weighted by Gasteiger charge is 2.34. The zero-order valence-corrected chi connectivity index (χ0v) is 10.00. The molecule has 0 bridgehead atoms. The van der Waals surface area contributed by atoms with E-state index in [4.69, 9.17) is 0 Å². The summed E-state index contributed by atoms with van der Waals surface area (Å²) in [7, 11) is 0. The fourth-order valence-corrected chi connectivity index (χ4v) is 2.33. The summed E-state index contributed by atoms with van der Waals surface area (Å²) in [6.45, 7) is 12.0. The number of hydrogen-bond acceptors (Lipinski definition) is 2. The van der Waals surface area contributed by atoms with E-state index in [2.05, 4.69) is 39.5 Å². The van der Waals surface area contributed by atoms with Gasteiger partial charge in [0.15, 0.2) is 6.30 Å². The maximum absolute atomic E-state index is 13.8. The number of nitrogens with zero attached hydrogens (tertiary/aromatic N) is 2. The molecule has 1 heterocycles. The molecule has 2 atom stereocenters. The first kappa shape index (κ1) is 11.9. The van der Waals surface area contributed by atoms with Gasteiger partial charge in [0.25, 0.3) is 0 Å². The number of rotatable bonds is 2. The zero-order chi connectivity index (χ0) is 10.9. The van der Waals surface area contributed by atoms with Crippen molar-refractivity contribution in [1.29, 1.82) is 0 Å². The van der Waals surface area contributed by atoms with E-state index in [1.54, 1.807) is 0 Å². The normalized spacial score (nSPS) is 31.7. The maximum atomic E-state index is 13.8. The molecule has 2 nitrogen and oxygen atoms in total. The lowest BCUT2D eigenvalue weighted by Gasteiger charge is -2.45. The molecule has 0 N–H and O–H groups in total. The standard InChI is InChI=1S/C11H23FN2/c1-8(2)13-6-10(5)14(9(3)4)11(12)7-13/h8-11H,6-7H2,1-5H3. The van der Waals surface area contributed by atoms with Gasteiger partial charge in [-0.15, -0.1) is 0 Å². The van der Waals surface area contributed by atoms with Crippen molar-refractivity contribution in [1.82, 2.24) is 9.80 Å². The SMILES string of the molecule is CC(C)N1CC(C)N(C(C)C)C(F)C1. The Hall–Kier alpha value is -0.150. The third kappa shape index (κ3) is 2.45. The molecule has 1 saturated heterocycles. The average Bonchev–Trinajstić information content (AvgIpc) is 2.01. The summed E-state index contributed by atoms with van der Waals surface area (Å²) in [5.74, 6) is 0. The Bertz CT molecular complexity index is 170. The Morgan fingerprint density at radius 1 is 1.07 bits per heavy atom. The minimum atomic E-state index is -0.804. The van der Waals surface area contributed by atoms with Gasteiger partial charge in [0.2, 0.25) is 0 Å². The van der Waals surface area contributed by atoms with Crippen molar-refractivity contribution in [2.45, 2.75) is 59.0 Å². The second-order valence-corrected chi connectivity index (χ2v) is 4.87.